The lowest BCUT2D eigenvalue weighted by Crippen LogP contribution is -2.34. The zero-order valence-corrected chi connectivity index (χ0v) is 15.2. The van der Waals surface area contributed by atoms with Crippen LogP contribution in [-0.2, 0) is 11.3 Å². The van der Waals surface area contributed by atoms with E-state index in [0.717, 1.165) is 23.5 Å². The van der Waals surface area contributed by atoms with E-state index in [4.69, 9.17) is 10.00 Å². The molecule has 0 radical (unpaired) electrons. The average Bonchev–Trinajstić information content (AvgIpc) is 3.09. The number of hydrogen-bond acceptors (Lipinski definition) is 4. The van der Waals surface area contributed by atoms with Crippen molar-refractivity contribution in [1.82, 2.24) is 15.4 Å². The minimum atomic E-state index is 0.319. The van der Waals surface area contributed by atoms with Crippen LogP contribution < -0.4 is 0 Å². The summed E-state index contributed by atoms with van der Waals surface area (Å²) in [7, 11) is 0. The largest absolute Gasteiger partial charge is 0.373 e. The van der Waals surface area contributed by atoms with E-state index in [1.54, 1.807) is 0 Å². The van der Waals surface area contributed by atoms with Crippen LogP contribution in [0.15, 0.2) is 24.3 Å². The Morgan fingerprint density at radius 3 is 2.92 bits per heavy atom. The van der Waals surface area contributed by atoms with Gasteiger partial charge >= 0.3 is 0 Å². The summed E-state index contributed by atoms with van der Waals surface area (Å²) in [6, 6.07) is 10.1. The summed E-state index contributed by atoms with van der Waals surface area (Å²) < 4.78 is 6.33. The zero-order valence-electron chi connectivity index (χ0n) is 15.2. The highest BCUT2D eigenvalue weighted by molar-refractivity contribution is 5.64. The van der Waals surface area contributed by atoms with Crippen LogP contribution in [0, 0.1) is 29.1 Å². The molecule has 0 amide bonds. The highest BCUT2D eigenvalue weighted by Gasteiger charge is 2.31. The number of nitrogens with one attached hydrogen (secondary N) is 1. The minimum Gasteiger partial charge on any atom is -0.373 e. The third-order valence-corrected chi connectivity index (χ3v) is 5.28. The maximum atomic E-state index is 9.12. The van der Waals surface area contributed by atoms with Gasteiger partial charge in [-0.25, -0.2) is 0 Å². The van der Waals surface area contributed by atoms with Crippen molar-refractivity contribution in [3.8, 4) is 17.3 Å². The second-order valence-electron chi connectivity index (χ2n) is 7.51. The maximum Gasteiger partial charge on any atom is 0.190 e. The van der Waals surface area contributed by atoms with Crippen molar-refractivity contribution in [1.29, 1.82) is 5.26 Å². The number of rotatable bonds is 5. The van der Waals surface area contributed by atoms with Crippen LogP contribution in [0.3, 0.4) is 0 Å². The first-order valence-corrected chi connectivity index (χ1v) is 9.10. The van der Waals surface area contributed by atoms with Gasteiger partial charge in [-0.3, -0.25) is 0 Å². The molecule has 3 atom stereocenters. The third-order valence-electron chi connectivity index (χ3n) is 5.28. The van der Waals surface area contributed by atoms with E-state index in [2.05, 4.69) is 48.3 Å². The normalized spacial score (nSPS) is 23.6. The monoisotopic (exact) mass is 338 g/mol. The Morgan fingerprint density at radius 1 is 1.32 bits per heavy atom. The molecule has 0 aliphatic heterocycles. The first-order valence-electron chi connectivity index (χ1n) is 9.10. The molecule has 0 unspecified atom stereocenters. The van der Waals surface area contributed by atoms with Crippen molar-refractivity contribution in [3.05, 3.63) is 35.5 Å². The van der Waals surface area contributed by atoms with E-state index >= 15 is 0 Å². The number of ether oxygens (including phenoxy) is 1. The quantitative estimate of drug-likeness (QED) is 0.881. The zero-order chi connectivity index (χ0) is 17.8. The molecule has 5 heteroatoms. The number of nitriles is 1. The third kappa shape index (κ3) is 4.08. The fourth-order valence-corrected chi connectivity index (χ4v) is 3.83. The molecule has 0 saturated heterocycles. The number of hydrogen-bond donors (Lipinski definition) is 1. The lowest BCUT2D eigenvalue weighted by atomic mass is 9.75. The van der Waals surface area contributed by atoms with Gasteiger partial charge in [0.05, 0.1) is 12.7 Å². The number of aromatic nitrogens is 3. The van der Waals surface area contributed by atoms with Crippen LogP contribution in [0.5, 0.6) is 0 Å². The lowest BCUT2D eigenvalue weighted by Gasteiger charge is -2.37. The van der Waals surface area contributed by atoms with Crippen LogP contribution in [-0.4, -0.2) is 21.5 Å². The fraction of sp³-hybridized carbons (Fsp3) is 0.550. The van der Waals surface area contributed by atoms with Crippen molar-refractivity contribution >= 4 is 0 Å². The fourth-order valence-electron chi connectivity index (χ4n) is 3.83. The van der Waals surface area contributed by atoms with E-state index in [-0.39, 0.29) is 0 Å². The number of H-pyrrole nitrogens is 1. The Kier molecular flexibility index (Phi) is 5.50. The molecule has 0 bridgehead atoms. The Labute approximate surface area is 149 Å². The van der Waals surface area contributed by atoms with Crippen LogP contribution in [0.25, 0.3) is 11.3 Å². The molecular formula is C20H26N4O. The Bertz CT molecular complexity index is 746. The van der Waals surface area contributed by atoms with Gasteiger partial charge in [0.1, 0.15) is 11.8 Å². The highest BCUT2D eigenvalue weighted by Crippen LogP contribution is 2.35. The first kappa shape index (κ1) is 17.6. The molecule has 1 aliphatic rings. The summed E-state index contributed by atoms with van der Waals surface area (Å²) in [6.07, 6.45) is 4.04. The summed E-state index contributed by atoms with van der Waals surface area (Å²) in [5.74, 6) is 2.02. The molecule has 132 valence electrons. The molecule has 1 aliphatic carbocycles. The topological polar surface area (TPSA) is 74.6 Å². The summed E-state index contributed by atoms with van der Waals surface area (Å²) in [4.78, 5) is 0. The molecule has 3 rings (SSSR count). The number of benzene rings is 1. The SMILES string of the molecule is CC(C)[C@H]1CC[C@H](C)C[C@@H]1OCc1cccc(-c2n[nH]nc2C#N)c1. The van der Waals surface area contributed by atoms with Gasteiger partial charge in [0.25, 0.3) is 0 Å². The van der Waals surface area contributed by atoms with Gasteiger partial charge in [0.2, 0.25) is 0 Å². The van der Waals surface area contributed by atoms with Gasteiger partial charge in [-0.2, -0.15) is 15.6 Å². The van der Waals surface area contributed by atoms with E-state index < -0.39 is 0 Å². The molecular weight excluding hydrogens is 312 g/mol. The van der Waals surface area contributed by atoms with Crippen molar-refractivity contribution < 1.29 is 4.74 Å². The molecule has 25 heavy (non-hydrogen) atoms. The molecule has 1 aromatic heterocycles. The highest BCUT2D eigenvalue weighted by atomic mass is 16.5. The van der Waals surface area contributed by atoms with Crippen LogP contribution in [0.2, 0.25) is 0 Å². The molecule has 1 heterocycles. The first-order chi connectivity index (χ1) is 12.1. The predicted molar refractivity (Wildman–Crippen MR) is 96.5 cm³/mol. The second-order valence-corrected chi connectivity index (χ2v) is 7.51. The molecule has 5 nitrogen and oxygen atoms in total. The standard InChI is InChI=1S/C20H26N4O/c1-13(2)17-8-7-14(3)9-19(17)25-12-15-5-4-6-16(10-15)20-18(11-21)22-24-23-20/h4-6,10,13-14,17,19H,7-9,12H2,1-3H3,(H,22,23,24)/t14-,17+,19-/m0/s1. The maximum absolute atomic E-state index is 9.12. The van der Waals surface area contributed by atoms with Gasteiger partial charge in [-0.15, -0.1) is 5.10 Å². The number of aromatic amines is 1. The van der Waals surface area contributed by atoms with Crippen molar-refractivity contribution in [2.45, 2.75) is 52.7 Å². The van der Waals surface area contributed by atoms with Crippen molar-refractivity contribution in [2.24, 2.45) is 17.8 Å². The van der Waals surface area contributed by atoms with Gasteiger partial charge in [0, 0.05) is 5.56 Å². The molecule has 2 aromatic rings. The summed E-state index contributed by atoms with van der Waals surface area (Å²) in [6.45, 7) is 7.51. The van der Waals surface area contributed by atoms with Gasteiger partial charge in [0.15, 0.2) is 5.69 Å². The van der Waals surface area contributed by atoms with Crippen LogP contribution >= 0.6 is 0 Å². The van der Waals surface area contributed by atoms with E-state index in [1.807, 2.05) is 18.2 Å². The minimum absolute atomic E-state index is 0.319. The van der Waals surface area contributed by atoms with E-state index in [9.17, 15) is 0 Å². The Morgan fingerprint density at radius 2 is 2.16 bits per heavy atom. The van der Waals surface area contributed by atoms with Crippen molar-refractivity contribution in [3.63, 3.8) is 0 Å². The summed E-state index contributed by atoms with van der Waals surface area (Å²) in [5.41, 5.74) is 2.91. The Balaban J connectivity index is 1.71. The molecule has 1 N–H and O–H groups in total. The molecule has 1 fully saturated rings. The number of nitrogens with zero attached hydrogens (tertiary/aromatic N) is 3. The smallest absolute Gasteiger partial charge is 0.190 e. The van der Waals surface area contributed by atoms with E-state index in [0.29, 0.717) is 35.9 Å². The second kappa shape index (κ2) is 7.79. The van der Waals surface area contributed by atoms with Gasteiger partial charge < -0.3 is 4.74 Å². The van der Waals surface area contributed by atoms with Crippen LogP contribution in [0.4, 0.5) is 0 Å². The Hall–Kier alpha value is -2.19. The van der Waals surface area contributed by atoms with Crippen LogP contribution in [0.1, 0.15) is 51.3 Å². The lowest BCUT2D eigenvalue weighted by molar-refractivity contribution is -0.0472. The summed E-state index contributed by atoms with van der Waals surface area (Å²) >= 11 is 0. The van der Waals surface area contributed by atoms with Crippen molar-refractivity contribution in [2.75, 3.05) is 0 Å². The van der Waals surface area contributed by atoms with E-state index in [1.165, 1.54) is 12.8 Å². The predicted octanol–water partition coefficient (Wildman–Crippen LogP) is 4.32. The molecule has 0 spiro atoms. The summed E-state index contributed by atoms with van der Waals surface area (Å²) in [5, 5.41) is 19.6. The molecule has 1 saturated carbocycles. The average molecular weight is 338 g/mol. The van der Waals surface area contributed by atoms with Gasteiger partial charge in [-0.05, 0) is 42.2 Å². The molecule has 1 aromatic carbocycles. The van der Waals surface area contributed by atoms with Gasteiger partial charge in [-0.1, -0.05) is 45.4 Å².